The van der Waals surface area contributed by atoms with E-state index in [1.807, 2.05) is 11.3 Å². The number of morpholine rings is 1. The van der Waals surface area contributed by atoms with Crippen molar-refractivity contribution in [3.8, 4) is 0 Å². The summed E-state index contributed by atoms with van der Waals surface area (Å²) in [6.07, 6.45) is 1.04. The van der Waals surface area contributed by atoms with Crippen LogP contribution in [-0.4, -0.2) is 42.3 Å². The highest BCUT2D eigenvalue weighted by Gasteiger charge is 2.14. The van der Waals surface area contributed by atoms with E-state index >= 15 is 0 Å². The minimum absolute atomic E-state index is 0.875. The largest absolute Gasteiger partial charge is 0.379 e. The van der Waals surface area contributed by atoms with Gasteiger partial charge in [-0.05, 0) is 37.1 Å². The molecule has 3 heterocycles. The Hall–Kier alpha value is -1.62. The Balaban J connectivity index is 1.52. The standard InChI is InChI=1S/C21H26N2OS/c1-16-5-3-4-6-18(16)14-20-15-19-13-17(2)23(21(19)25-20)8-7-22-9-11-24-12-10-22/h3-6,13,15H,7-12,14H2,1-2H3. The Labute approximate surface area is 153 Å². The average Bonchev–Trinajstić information content (AvgIpc) is 3.12. The van der Waals surface area contributed by atoms with Crippen molar-refractivity contribution in [3.63, 3.8) is 0 Å². The first-order valence-corrected chi connectivity index (χ1v) is 9.95. The van der Waals surface area contributed by atoms with Gasteiger partial charge in [0.05, 0.1) is 13.2 Å². The van der Waals surface area contributed by atoms with E-state index in [4.69, 9.17) is 4.74 Å². The summed E-state index contributed by atoms with van der Waals surface area (Å²) in [5, 5.41) is 1.40. The molecule has 0 spiro atoms. The molecule has 1 saturated heterocycles. The van der Waals surface area contributed by atoms with Crippen LogP contribution in [0.1, 0.15) is 21.7 Å². The third-order valence-corrected chi connectivity index (χ3v) is 6.37. The molecule has 0 N–H and O–H groups in total. The van der Waals surface area contributed by atoms with E-state index in [0.717, 1.165) is 45.8 Å². The van der Waals surface area contributed by atoms with Crippen LogP contribution >= 0.6 is 11.3 Å². The van der Waals surface area contributed by atoms with Crippen molar-refractivity contribution in [2.24, 2.45) is 0 Å². The second-order valence-corrected chi connectivity index (χ2v) is 8.08. The van der Waals surface area contributed by atoms with Gasteiger partial charge in [0.15, 0.2) is 0 Å². The molecule has 1 aromatic carbocycles. The molecule has 0 radical (unpaired) electrons. The zero-order valence-electron chi connectivity index (χ0n) is 15.1. The monoisotopic (exact) mass is 354 g/mol. The van der Waals surface area contributed by atoms with Gasteiger partial charge in [0.1, 0.15) is 4.83 Å². The third-order valence-electron chi connectivity index (χ3n) is 5.20. The number of hydrogen-bond acceptors (Lipinski definition) is 3. The average molecular weight is 355 g/mol. The molecule has 4 rings (SSSR count). The highest BCUT2D eigenvalue weighted by atomic mass is 32.1. The van der Waals surface area contributed by atoms with Crippen molar-refractivity contribution in [3.05, 3.63) is 58.1 Å². The number of thiophene rings is 1. The normalized spacial score (nSPS) is 15.9. The quantitative estimate of drug-likeness (QED) is 0.682. The lowest BCUT2D eigenvalue weighted by Crippen LogP contribution is -2.38. The minimum atomic E-state index is 0.875. The van der Waals surface area contributed by atoms with Gasteiger partial charge in [-0.3, -0.25) is 4.90 Å². The SMILES string of the molecule is Cc1ccccc1Cc1cc2cc(C)n(CCN3CCOCC3)c2s1. The highest BCUT2D eigenvalue weighted by Crippen LogP contribution is 2.31. The van der Waals surface area contributed by atoms with Crippen LogP contribution in [0.2, 0.25) is 0 Å². The lowest BCUT2D eigenvalue weighted by atomic mass is 10.1. The number of nitrogens with zero attached hydrogens (tertiary/aromatic N) is 2. The smallest absolute Gasteiger partial charge is 0.103 e. The molecule has 25 heavy (non-hydrogen) atoms. The van der Waals surface area contributed by atoms with Crippen LogP contribution in [0.5, 0.6) is 0 Å². The number of benzene rings is 1. The van der Waals surface area contributed by atoms with Crippen LogP contribution in [0.4, 0.5) is 0 Å². The van der Waals surface area contributed by atoms with E-state index in [9.17, 15) is 0 Å². The van der Waals surface area contributed by atoms with Crippen molar-refractivity contribution >= 4 is 21.6 Å². The van der Waals surface area contributed by atoms with Crippen LogP contribution < -0.4 is 0 Å². The van der Waals surface area contributed by atoms with Gasteiger partial charge in [-0.1, -0.05) is 24.3 Å². The second-order valence-electron chi connectivity index (χ2n) is 6.97. The summed E-state index contributed by atoms with van der Waals surface area (Å²) in [5.74, 6) is 0. The van der Waals surface area contributed by atoms with Gasteiger partial charge in [0.2, 0.25) is 0 Å². The number of rotatable bonds is 5. The summed E-state index contributed by atoms with van der Waals surface area (Å²) < 4.78 is 7.95. The molecule has 3 nitrogen and oxygen atoms in total. The molecule has 3 aromatic rings. The minimum Gasteiger partial charge on any atom is -0.379 e. The molecule has 4 heteroatoms. The van der Waals surface area contributed by atoms with Crippen LogP contribution in [0.3, 0.4) is 0 Å². The second kappa shape index (κ2) is 7.32. The predicted molar refractivity (Wildman–Crippen MR) is 106 cm³/mol. The number of aryl methyl sites for hydroxylation is 2. The molecule has 1 fully saturated rings. The Kier molecular flexibility index (Phi) is 4.93. The fraction of sp³-hybridized carbons (Fsp3) is 0.429. The van der Waals surface area contributed by atoms with Gasteiger partial charge in [-0.2, -0.15) is 0 Å². The zero-order valence-corrected chi connectivity index (χ0v) is 15.9. The van der Waals surface area contributed by atoms with E-state index in [2.05, 4.69) is 59.7 Å². The summed E-state index contributed by atoms with van der Waals surface area (Å²) in [5.41, 5.74) is 4.19. The van der Waals surface area contributed by atoms with E-state index in [0.29, 0.717) is 0 Å². The fourth-order valence-electron chi connectivity index (χ4n) is 3.65. The summed E-state index contributed by atoms with van der Waals surface area (Å²) in [6, 6.07) is 13.4. The molecule has 2 aromatic heterocycles. The summed E-state index contributed by atoms with van der Waals surface area (Å²) in [4.78, 5) is 5.39. The van der Waals surface area contributed by atoms with E-state index in [1.54, 1.807) is 0 Å². The van der Waals surface area contributed by atoms with E-state index in [1.165, 1.54) is 31.9 Å². The fourth-order valence-corrected chi connectivity index (χ4v) is 4.90. The number of aromatic nitrogens is 1. The van der Waals surface area contributed by atoms with Crippen molar-refractivity contribution in [1.29, 1.82) is 0 Å². The number of hydrogen-bond donors (Lipinski definition) is 0. The Morgan fingerprint density at radius 1 is 1.04 bits per heavy atom. The first-order chi connectivity index (χ1) is 12.2. The molecule has 0 atom stereocenters. The first kappa shape index (κ1) is 16.8. The molecule has 0 aliphatic carbocycles. The third kappa shape index (κ3) is 3.66. The topological polar surface area (TPSA) is 17.4 Å². The maximum Gasteiger partial charge on any atom is 0.103 e. The molecule has 132 valence electrons. The summed E-state index contributed by atoms with van der Waals surface area (Å²) >= 11 is 1.95. The van der Waals surface area contributed by atoms with Gasteiger partial charge >= 0.3 is 0 Å². The Bertz CT molecular complexity index is 858. The number of ether oxygens (including phenoxy) is 1. The van der Waals surface area contributed by atoms with Crippen molar-refractivity contribution in [2.45, 2.75) is 26.8 Å². The maximum absolute atomic E-state index is 5.45. The molecule has 0 bridgehead atoms. The van der Waals surface area contributed by atoms with Crippen LogP contribution in [0.25, 0.3) is 10.2 Å². The molecule has 0 unspecified atom stereocenters. The Morgan fingerprint density at radius 3 is 2.64 bits per heavy atom. The first-order valence-electron chi connectivity index (χ1n) is 9.14. The van der Waals surface area contributed by atoms with Gasteiger partial charge < -0.3 is 9.30 Å². The van der Waals surface area contributed by atoms with Crippen LogP contribution in [-0.2, 0) is 17.7 Å². The lowest BCUT2D eigenvalue weighted by Gasteiger charge is -2.26. The van der Waals surface area contributed by atoms with Crippen LogP contribution in [0, 0.1) is 13.8 Å². The van der Waals surface area contributed by atoms with Crippen LogP contribution in [0.15, 0.2) is 36.4 Å². The summed E-state index contributed by atoms with van der Waals surface area (Å²) in [6.45, 7) is 10.5. The van der Waals surface area contributed by atoms with Crippen molar-refractivity contribution in [1.82, 2.24) is 9.47 Å². The summed E-state index contributed by atoms with van der Waals surface area (Å²) in [7, 11) is 0. The molecule has 0 saturated carbocycles. The Morgan fingerprint density at radius 2 is 1.84 bits per heavy atom. The molecule has 0 amide bonds. The van der Waals surface area contributed by atoms with Gasteiger partial charge in [-0.15, -0.1) is 11.3 Å². The van der Waals surface area contributed by atoms with Gasteiger partial charge in [-0.25, -0.2) is 0 Å². The van der Waals surface area contributed by atoms with Crippen molar-refractivity contribution in [2.75, 3.05) is 32.8 Å². The molecule has 1 aliphatic rings. The lowest BCUT2D eigenvalue weighted by molar-refractivity contribution is 0.0365. The maximum atomic E-state index is 5.45. The van der Waals surface area contributed by atoms with Gasteiger partial charge in [0, 0.05) is 48.6 Å². The van der Waals surface area contributed by atoms with E-state index in [-0.39, 0.29) is 0 Å². The van der Waals surface area contributed by atoms with Gasteiger partial charge in [0.25, 0.3) is 0 Å². The zero-order chi connectivity index (χ0) is 17.2. The van der Waals surface area contributed by atoms with E-state index < -0.39 is 0 Å². The van der Waals surface area contributed by atoms with Crippen molar-refractivity contribution < 1.29 is 4.74 Å². The predicted octanol–water partition coefficient (Wildman–Crippen LogP) is 4.24. The molecular weight excluding hydrogens is 328 g/mol. The molecule has 1 aliphatic heterocycles. The highest BCUT2D eigenvalue weighted by molar-refractivity contribution is 7.18. The number of fused-ring (bicyclic) bond motifs is 1. The molecular formula is C21H26N2OS.